The molecule has 0 saturated heterocycles. The van der Waals surface area contributed by atoms with E-state index in [2.05, 4.69) is 20.6 Å². The van der Waals surface area contributed by atoms with Crippen molar-refractivity contribution >= 4 is 11.6 Å². The van der Waals surface area contributed by atoms with E-state index in [-0.39, 0.29) is 6.61 Å². The highest BCUT2D eigenvalue weighted by molar-refractivity contribution is 5.40. The second kappa shape index (κ2) is 6.89. The van der Waals surface area contributed by atoms with E-state index in [1.165, 1.54) is 0 Å². The Labute approximate surface area is 92.2 Å². The number of halogens is 2. The van der Waals surface area contributed by atoms with Crippen molar-refractivity contribution in [2.75, 3.05) is 37.4 Å². The minimum Gasteiger partial charge on any atom is -0.374 e. The first-order chi connectivity index (χ1) is 7.72. The van der Waals surface area contributed by atoms with E-state index in [4.69, 9.17) is 4.74 Å². The molecule has 0 aliphatic heterocycles. The fraction of sp³-hybridized carbons (Fsp3) is 0.556. The largest absolute Gasteiger partial charge is 0.374 e. The number of alkyl halides is 2. The average molecular weight is 232 g/mol. The van der Waals surface area contributed by atoms with Crippen LogP contribution in [-0.4, -0.2) is 43.2 Å². The van der Waals surface area contributed by atoms with Crippen LogP contribution in [0.25, 0.3) is 0 Å². The Morgan fingerprint density at radius 1 is 1.38 bits per heavy atom. The second-order valence-corrected chi connectivity index (χ2v) is 2.93. The summed E-state index contributed by atoms with van der Waals surface area (Å²) < 4.78 is 28.1. The summed E-state index contributed by atoms with van der Waals surface area (Å²) in [5.41, 5.74) is 0. The number of rotatable bonds is 7. The van der Waals surface area contributed by atoms with Gasteiger partial charge in [0.25, 0.3) is 6.43 Å². The van der Waals surface area contributed by atoms with E-state index in [1.807, 2.05) is 0 Å². The molecule has 2 N–H and O–H groups in total. The lowest BCUT2D eigenvalue weighted by molar-refractivity contribution is 0.0215. The molecule has 0 amide bonds. The molecule has 0 atom stereocenters. The smallest absolute Gasteiger partial charge is 0.261 e. The molecule has 1 aromatic rings. The first kappa shape index (κ1) is 12.6. The van der Waals surface area contributed by atoms with Gasteiger partial charge in [0.1, 0.15) is 18.2 Å². The van der Waals surface area contributed by atoms with Crippen LogP contribution in [0.2, 0.25) is 0 Å². The zero-order chi connectivity index (χ0) is 11.8. The summed E-state index contributed by atoms with van der Waals surface area (Å²) in [7, 11) is 1.74. The molecule has 1 rings (SSSR count). The molecule has 0 saturated carbocycles. The van der Waals surface area contributed by atoms with Crippen molar-refractivity contribution in [1.29, 1.82) is 0 Å². The molecular formula is C9H14F2N4O. The van der Waals surface area contributed by atoms with E-state index >= 15 is 0 Å². The number of aromatic nitrogens is 2. The number of nitrogens with one attached hydrogen (secondary N) is 2. The normalized spacial score (nSPS) is 10.5. The van der Waals surface area contributed by atoms with Gasteiger partial charge < -0.3 is 15.4 Å². The van der Waals surface area contributed by atoms with Gasteiger partial charge in [0.05, 0.1) is 19.0 Å². The summed E-state index contributed by atoms with van der Waals surface area (Å²) in [6.07, 6.45) is 0.708. The number of hydrogen-bond acceptors (Lipinski definition) is 5. The van der Waals surface area contributed by atoms with Crippen LogP contribution in [0.4, 0.5) is 20.4 Å². The standard InChI is InChI=1S/C9H14F2N4O/c1-12-8-4-13-5-9(15-8)14-2-3-16-6-7(10)11/h4-5,7H,2-3,6H2,1H3,(H2,12,14,15). The van der Waals surface area contributed by atoms with Crippen LogP contribution in [0.5, 0.6) is 0 Å². The number of hydrogen-bond donors (Lipinski definition) is 2. The maximum Gasteiger partial charge on any atom is 0.261 e. The summed E-state index contributed by atoms with van der Waals surface area (Å²) in [6, 6.07) is 0. The summed E-state index contributed by atoms with van der Waals surface area (Å²) in [6.45, 7) is 0.0777. The third-order valence-corrected chi connectivity index (χ3v) is 1.69. The number of anilines is 2. The van der Waals surface area contributed by atoms with Crippen LogP contribution in [0.1, 0.15) is 0 Å². The maximum absolute atomic E-state index is 11.7. The highest BCUT2D eigenvalue weighted by Gasteiger charge is 2.01. The average Bonchev–Trinajstić information content (AvgIpc) is 2.28. The molecule has 5 nitrogen and oxygen atoms in total. The molecule has 0 aromatic carbocycles. The lowest BCUT2D eigenvalue weighted by Gasteiger charge is -2.07. The topological polar surface area (TPSA) is 59.1 Å². The van der Waals surface area contributed by atoms with E-state index < -0.39 is 13.0 Å². The van der Waals surface area contributed by atoms with Gasteiger partial charge in [0, 0.05) is 13.6 Å². The monoisotopic (exact) mass is 232 g/mol. The van der Waals surface area contributed by atoms with Gasteiger partial charge in [0.2, 0.25) is 0 Å². The molecule has 0 unspecified atom stereocenters. The molecule has 1 heterocycles. The first-order valence-corrected chi connectivity index (χ1v) is 4.82. The van der Waals surface area contributed by atoms with E-state index in [0.29, 0.717) is 18.2 Å². The van der Waals surface area contributed by atoms with Crippen molar-refractivity contribution in [3.05, 3.63) is 12.4 Å². The predicted molar refractivity (Wildman–Crippen MR) is 56.9 cm³/mol. The fourth-order valence-electron chi connectivity index (χ4n) is 0.995. The Kier molecular flexibility index (Phi) is 5.41. The minimum absolute atomic E-state index is 0.204. The van der Waals surface area contributed by atoms with Gasteiger partial charge in [-0.15, -0.1) is 0 Å². The molecule has 0 radical (unpaired) electrons. The highest BCUT2D eigenvalue weighted by Crippen LogP contribution is 2.04. The van der Waals surface area contributed by atoms with Gasteiger partial charge in [0.15, 0.2) is 0 Å². The molecule has 1 aromatic heterocycles. The third kappa shape index (κ3) is 4.83. The van der Waals surface area contributed by atoms with Gasteiger partial charge in [-0.25, -0.2) is 13.8 Å². The molecule has 0 spiro atoms. The summed E-state index contributed by atoms with van der Waals surface area (Å²) in [5, 5.41) is 5.75. The molecule has 90 valence electrons. The van der Waals surface area contributed by atoms with E-state index in [9.17, 15) is 8.78 Å². The second-order valence-electron chi connectivity index (χ2n) is 2.93. The highest BCUT2D eigenvalue weighted by atomic mass is 19.3. The Morgan fingerprint density at radius 2 is 2.12 bits per heavy atom. The van der Waals surface area contributed by atoms with Gasteiger partial charge >= 0.3 is 0 Å². The van der Waals surface area contributed by atoms with E-state index in [0.717, 1.165) is 0 Å². The van der Waals surface area contributed by atoms with Gasteiger partial charge in [-0.05, 0) is 0 Å². The Balaban J connectivity index is 2.21. The van der Waals surface area contributed by atoms with Crippen molar-refractivity contribution in [2.24, 2.45) is 0 Å². The minimum atomic E-state index is -2.42. The first-order valence-electron chi connectivity index (χ1n) is 4.82. The van der Waals surface area contributed by atoms with Crippen LogP contribution in [0, 0.1) is 0 Å². The van der Waals surface area contributed by atoms with Gasteiger partial charge in [-0.1, -0.05) is 0 Å². The summed E-state index contributed by atoms with van der Waals surface area (Å²) >= 11 is 0. The van der Waals surface area contributed by atoms with Gasteiger partial charge in [-0.3, -0.25) is 4.98 Å². The number of nitrogens with zero attached hydrogens (tertiary/aromatic N) is 2. The van der Waals surface area contributed by atoms with Crippen LogP contribution >= 0.6 is 0 Å². The molecular weight excluding hydrogens is 218 g/mol. The predicted octanol–water partition coefficient (Wildman–Crippen LogP) is 1.21. The molecule has 0 bridgehead atoms. The summed E-state index contributed by atoms with van der Waals surface area (Å²) in [5.74, 6) is 1.21. The number of ether oxygens (including phenoxy) is 1. The van der Waals surface area contributed by atoms with Crippen LogP contribution < -0.4 is 10.6 Å². The van der Waals surface area contributed by atoms with Crippen molar-refractivity contribution in [3.63, 3.8) is 0 Å². The summed E-state index contributed by atoms with van der Waals surface area (Å²) in [4.78, 5) is 8.07. The Hall–Kier alpha value is -1.50. The van der Waals surface area contributed by atoms with Crippen molar-refractivity contribution in [3.8, 4) is 0 Å². The molecule has 0 fully saturated rings. The molecule has 0 aliphatic rings. The van der Waals surface area contributed by atoms with Crippen LogP contribution in [-0.2, 0) is 4.74 Å². The van der Waals surface area contributed by atoms with Crippen LogP contribution in [0.3, 0.4) is 0 Å². The van der Waals surface area contributed by atoms with Crippen LogP contribution in [0.15, 0.2) is 12.4 Å². The molecule has 0 aliphatic carbocycles. The van der Waals surface area contributed by atoms with Crippen molar-refractivity contribution < 1.29 is 13.5 Å². The van der Waals surface area contributed by atoms with Crippen molar-refractivity contribution in [2.45, 2.75) is 6.43 Å². The SMILES string of the molecule is CNc1cncc(NCCOCC(F)F)n1. The molecule has 16 heavy (non-hydrogen) atoms. The quantitative estimate of drug-likeness (QED) is 0.692. The zero-order valence-corrected chi connectivity index (χ0v) is 8.91. The third-order valence-electron chi connectivity index (χ3n) is 1.69. The zero-order valence-electron chi connectivity index (χ0n) is 8.91. The maximum atomic E-state index is 11.7. The molecule has 7 heteroatoms. The lowest BCUT2D eigenvalue weighted by atomic mass is 10.5. The van der Waals surface area contributed by atoms with E-state index in [1.54, 1.807) is 19.4 Å². The lowest BCUT2D eigenvalue weighted by Crippen LogP contribution is -2.14. The Bertz CT molecular complexity index is 311. The van der Waals surface area contributed by atoms with Crippen molar-refractivity contribution in [1.82, 2.24) is 9.97 Å². The van der Waals surface area contributed by atoms with Gasteiger partial charge in [-0.2, -0.15) is 0 Å². The Morgan fingerprint density at radius 3 is 2.81 bits per heavy atom. The fourth-order valence-corrected chi connectivity index (χ4v) is 0.995.